The van der Waals surface area contributed by atoms with E-state index in [1.807, 2.05) is 56.6 Å². The number of ether oxygens (including phenoxy) is 2. The number of hydrogen-bond acceptors (Lipinski definition) is 7. The van der Waals surface area contributed by atoms with Crippen LogP contribution in [0.25, 0.3) is 11.1 Å². The van der Waals surface area contributed by atoms with Crippen LogP contribution in [0.1, 0.15) is 43.4 Å². The molecule has 0 atom stereocenters. The zero-order chi connectivity index (χ0) is 29.8. The van der Waals surface area contributed by atoms with E-state index in [4.69, 9.17) is 14.1 Å². The molecule has 0 aromatic heterocycles. The predicted molar refractivity (Wildman–Crippen MR) is 166 cm³/mol. The van der Waals surface area contributed by atoms with Gasteiger partial charge in [0.2, 0.25) is 0 Å². The van der Waals surface area contributed by atoms with Gasteiger partial charge in [0.15, 0.2) is 0 Å². The fourth-order valence-corrected chi connectivity index (χ4v) is 4.53. The largest absolute Gasteiger partial charge is 0.516 e. The highest BCUT2D eigenvalue weighted by Crippen LogP contribution is 2.34. The molecular formula is C33H41BN2O5. The van der Waals surface area contributed by atoms with Gasteiger partial charge < -0.3 is 19.0 Å². The van der Waals surface area contributed by atoms with E-state index in [9.17, 15) is 9.59 Å². The first-order valence-electron chi connectivity index (χ1n) is 14.0. The summed E-state index contributed by atoms with van der Waals surface area (Å²) in [7, 11) is 6.40. The molecule has 3 aromatic rings. The molecule has 0 saturated carbocycles. The van der Waals surface area contributed by atoms with Crippen LogP contribution in [0.15, 0.2) is 78.9 Å². The Hall–Kier alpha value is -3.88. The van der Waals surface area contributed by atoms with Gasteiger partial charge in [0.25, 0.3) is 5.97 Å². The van der Waals surface area contributed by atoms with Crippen LogP contribution in [0.3, 0.4) is 0 Å². The number of benzene rings is 3. The van der Waals surface area contributed by atoms with E-state index in [2.05, 4.69) is 48.2 Å². The van der Waals surface area contributed by atoms with Crippen molar-refractivity contribution in [3.63, 3.8) is 0 Å². The zero-order valence-electron chi connectivity index (χ0n) is 25.1. The number of nitrogens with zero attached hydrogens (tertiary/aromatic N) is 2. The molecule has 0 aliphatic heterocycles. The predicted octanol–water partition coefficient (Wildman–Crippen LogP) is 4.75. The summed E-state index contributed by atoms with van der Waals surface area (Å²) in [4.78, 5) is 27.9. The second-order valence-electron chi connectivity index (χ2n) is 10.1. The summed E-state index contributed by atoms with van der Waals surface area (Å²) < 4.78 is 16.5. The van der Waals surface area contributed by atoms with Crippen LogP contribution < -0.4 is 10.2 Å². The number of carbonyl (C=O) groups is 2. The molecule has 0 saturated heterocycles. The third-order valence-electron chi connectivity index (χ3n) is 6.75. The second kappa shape index (κ2) is 15.8. The number of esters is 1. The van der Waals surface area contributed by atoms with E-state index >= 15 is 0 Å². The Morgan fingerprint density at radius 3 is 1.90 bits per heavy atom. The quantitative estimate of drug-likeness (QED) is 0.161. The van der Waals surface area contributed by atoms with E-state index in [-0.39, 0.29) is 18.9 Å². The molecule has 0 amide bonds. The number of hydrogen-bond donors (Lipinski definition) is 0. The van der Waals surface area contributed by atoms with Crippen molar-refractivity contribution in [3.05, 3.63) is 95.6 Å². The summed E-state index contributed by atoms with van der Waals surface area (Å²) in [6, 6.07) is 26.6. The molecule has 0 spiro atoms. The third-order valence-corrected chi connectivity index (χ3v) is 6.75. The molecule has 0 heterocycles. The maximum absolute atomic E-state index is 12.2. The summed E-state index contributed by atoms with van der Waals surface area (Å²) in [5.41, 5.74) is 6.38. The fourth-order valence-electron chi connectivity index (χ4n) is 4.53. The highest BCUT2D eigenvalue weighted by Gasteiger charge is 2.30. The van der Waals surface area contributed by atoms with Crippen LogP contribution in [0.2, 0.25) is 0 Å². The van der Waals surface area contributed by atoms with E-state index < -0.39 is 13.0 Å². The molecule has 0 aliphatic carbocycles. The Labute approximate surface area is 244 Å². The van der Waals surface area contributed by atoms with Gasteiger partial charge in [0, 0.05) is 13.0 Å². The van der Waals surface area contributed by atoms with Gasteiger partial charge in [-0.15, -0.1) is 0 Å². The number of rotatable bonds is 14. The van der Waals surface area contributed by atoms with Gasteiger partial charge in [0.05, 0.1) is 13.7 Å². The Morgan fingerprint density at radius 1 is 0.756 bits per heavy atom. The lowest BCUT2D eigenvalue weighted by Crippen LogP contribution is -2.51. The highest BCUT2D eigenvalue weighted by molar-refractivity contribution is 6.66. The second-order valence-corrected chi connectivity index (χ2v) is 10.1. The molecule has 216 valence electrons. The number of methoxy groups -OCH3 is 1. The molecule has 0 N–H and O–H groups in total. The highest BCUT2D eigenvalue weighted by atomic mass is 16.5. The average molecular weight is 557 g/mol. The van der Waals surface area contributed by atoms with Crippen LogP contribution in [0.5, 0.6) is 5.75 Å². The monoisotopic (exact) mass is 556 g/mol. The molecule has 0 aliphatic rings. The van der Waals surface area contributed by atoms with Crippen LogP contribution >= 0.6 is 0 Å². The standard InChI is InChI=1S/C33H41BN2O5/c1-7-30(25-12-10-9-11-13-25)33(27-16-20-29(21-17-27)40-23-22-35(3)4)26-14-18-28(19-15-26)34(41-31(37)8-2)36(5)24-32(38)39-6/h9-21H,7-8,22-24H2,1-6H3. The minimum absolute atomic E-state index is 0.0119. The van der Waals surface area contributed by atoms with Crippen molar-refractivity contribution < 1.29 is 23.7 Å². The Balaban J connectivity index is 2.03. The van der Waals surface area contributed by atoms with Crippen molar-refractivity contribution >= 4 is 35.6 Å². The molecule has 0 radical (unpaired) electrons. The van der Waals surface area contributed by atoms with Gasteiger partial charge in [-0.05, 0) is 73.0 Å². The Morgan fingerprint density at radius 2 is 1.37 bits per heavy atom. The lowest BCUT2D eigenvalue weighted by Gasteiger charge is -2.24. The van der Waals surface area contributed by atoms with Crippen molar-refractivity contribution in [2.75, 3.05) is 47.9 Å². The molecular weight excluding hydrogens is 515 g/mol. The summed E-state index contributed by atoms with van der Waals surface area (Å²) in [6.07, 6.45) is 1.07. The van der Waals surface area contributed by atoms with Gasteiger partial charge in [-0.25, -0.2) is 0 Å². The van der Waals surface area contributed by atoms with Gasteiger partial charge in [-0.2, -0.15) is 0 Å². The molecule has 8 heteroatoms. The lowest BCUT2D eigenvalue weighted by molar-refractivity contribution is -0.141. The minimum atomic E-state index is -0.721. The smallest absolute Gasteiger partial charge is 0.487 e. The third kappa shape index (κ3) is 9.06. The molecule has 0 bridgehead atoms. The van der Waals surface area contributed by atoms with E-state index in [0.29, 0.717) is 6.61 Å². The summed E-state index contributed by atoms with van der Waals surface area (Å²) in [5, 5.41) is 0. The first kappa shape index (κ1) is 31.6. The van der Waals surface area contributed by atoms with Crippen LogP contribution in [0, 0.1) is 0 Å². The molecule has 3 aromatic carbocycles. The summed E-state index contributed by atoms with van der Waals surface area (Å²) in [5.74, 6) is 0.0790. The topological polar surface area (TPSA) is 68.3 Å². The first-order chi connectivity index (χ1) is 19.8. The van der Waals surface area contributed by atoms with Crippen molar-refractivity contribution in [3.8, 4) is 5.75 Å². The number of carbonyl (C=O) groups excluding carboxylic acids is 2. The van der Waals surface area contributed by atoms with Gasteiger partial charge in [0.1, 0.15) is 12.4 Å². The maximum Gasteiger partial charge on any atom is 0.487 e. The van der Waals surface area contributed by atoms with Crippen molar-refractivity contribution in [2.24, 2.45) is 0 Å². The molecule has 0 fully saturated rings. The van der Waals surface area contributed by atoms with E-state index in [1.165, 1.54) is 12.7 Å². The SMILES string of the molecule is CCC(=O)OB(c1ccc(C(=C(CC)c2ccccc2)c2ccc(OCCN(C)C)cc2)cc1)N(C)CC(=O)OC. The van der Waals surface area contributed by atoms with Crippen LogP contribution in [-0.2, 0) is 19.0 Å². The molecule has 0 unspecified atom stereocenters. The molecule has 3 rings (SSSR count). The Bertz CT molecular complexity index is 1290. The van der Waals surface area contributed by atoms with E-state index in [1.54, 1.807) is 18.8 Å². The zero-order valence-corrected chi connectivity index (χ0v) is 25.1. The van der Waals surface area contributed by atoms with E-state index in [0.717, 1.165) is 46.4 Å². The number of likely N-dealkylation sites (N-methyl/N-ethyl adjacent to an activating group) is 2. The lowest BCUT2D eigenvalue weighted by atomic mass is 9.70. The maximum atomic E-state index is 12.2. The minimum Gasteiger partial charge on any atom is -0.516 e. The van der Waals surface area contributed by atoms with Crippen LogP contribution in [-0.4, -0.2) is 76.6 Å². The normalized spacial score (nSPS) is 11.7. The summed E-state index contributed by atoms with van der Waals surface area (Å²) >= 11 is 0. The Kier molecular flexibility index (Phi) is 12.2. The van der Waals surface area contributed by atoms with Crippen molar-refractivity contribution in [1.29, 1.82) is 0 Å². The molecule has 41 heavy (non-hydrogen) atoms. The van der Waals surface area contributed by atoms with Gasteiger partial charge >= 0.3 is 13.0 Å². The van der Waals surface area contributed by atoms with Crippen LogP contribution in [0.4, 0.5) is 0 Å². The van der Waals surface area contributed by atoms with Gasteiger partial charge in [-0.3, -0.25) is 14.4 Å². The van der Waals surface area contributed by atoms with Crippen molar-refractivity contribution in [2.45, 2.75) is 26.7 Å². The summed E-state index contributed by atoms with van der Waals surface area (Å²) in [6.45, 7) is 5.36. The number of allylic oxidation sites excluding steroid dienone is 1. The molecule has 7 nitrogen and oxygen atoms in total. The average Bonchev–Trinajstić information content (AvgIpc) is 2.99. The fraction of sp³-hybridized carbons (Fsp3) is 0.333. The van der Waals surface area contributed by atoms with Crippen molar-refractivity contribution in [1.82, 2.24) is 9.71 Å². The van der Waals surface area contributed by atoms with Gasteiger partial charge in [-0.1, -0.05) is 80.6 Å². The first-order valence-corrected chi connectivity index (χ1v) is 14.0.